The van der Waals surface area contributed by atoms with Crippen molar-refractivity contribution in [3.63, 3.8) is 0 Å². The molecule has 86 valence electrons. The first-order valence-corrected chi connectivity index (χ1v) is 4.71. The molecule has 4 nitrogen and oxygen atoms in total. The summed E-state index contributed by atoms with van der Waals surface area (Å²) < 4.78 is 10.2. The van der Waals surface area contributed by atoms with Crippen LogP contribution in [0.4, 0.5) is 0 Å². The number of hydrogen-bond acceptors (Lipinski definition) is 3. The molecule has 0 saturated heterocycles. The first-order chi connectivity index (χ1) is 7.56. The van der Waals surface area contributed by atoms with Crippen LogP contribution in [0.25, 0.3) is 5.57 Å². The Morgan fingerprint density at radius 3 is 2.06 bits per heavy atom. The van der Waals surface area contributed by atoms with Gasteiger partial charge in [0, 0.05) is 12.1 Å². The van der Waals surface area contributed by atoms with Crippen molar-refractivity contribution in [2.75, 3.05) is 14.2 Å². The predicted octanol–water partition coefficient (Wildman–Crippen LogP) is 2.19. The quantitative estimate of drug-likeness (QED) is 0.793. The Morgan fingerprint density at radius 1 is 1.19 bits per heavy atom. The Hall–Kier alpha value is -1.97. The van der Waals surface area contributed by atoms with Gasteiger partial charge in [-0.15, -0.1) is 0 Å². The van der Waals surface area contributed by atoms with E-state index in [4.69, 9.17) is 14.6 Å². The smallest absolute Gasteiger partial charge is 0.328 e. The maximum Gasteiger partial charge on any atom is 0.328 e. The molecule has 0 unspecified atom stereocenters. The monoisotopic (exact) mass is 222 g/mol. The molecule has 1 aromatic rings. The van der Waals surface area contributed by atoms with E-state index in [9.17, 15) is 4.79 Å². The third-order valence-electron chi connectivity index (χ3n) is 2.15. The van der Waals surface area contributed by atoms with Gasteiger partial charge in [0.05, 0.1) is 14.2 Å². The van der Waals surface area contributed by atoms with Crippen molar-refractivity contribution in [1.82, 2.24) is 0 Å². The Morgan fingerprint density at radius 2 is 1.69 bits per heavy atom. The SMILES string of the molecule is COc1cc(OC)cc(/C(C)=C/C(=O)O)c1. The van der Waals surface area contributed by atoms with Gasteiger partial charge in [-0.3, -0.25) is 0 Å². The molecule has 1 N–H and O–H groups in total. The molecule has 4 heteroatoms. The number of methoxy groups -OCH3 is 2. The van der Waals surface area contributed by atoms with Gasteiger partial charge < -0.3 is 14.6 Å². The summed E-state index contributed by atoms with van der Waals surface area (Å²) in [4.78, 5) is 10.6. The standard InChI is InChI=1S/C12H14O4/c1-8(4-12(13)14)9-5-10(15-2)7-11(6-9)16-3/h4-7H,1-3H3,(H,13,14)/b8-4+. The molecular weight excluding hydrogens is 208 g/mol. The highest BCUT2D eigenvalue weighted by molar-refractivity contribution is 5.89. The van der Waals surface area contributed by atoms with E-state index in [0.29, 0.717) is 17.1 Å². The highest BCUT2D eigenvalue weighted by atomic mass is 16.5. The lowest BCUT2D eigenvalue weighted by Gasteiger charge is -2.08. The topological polar surface area (TPSA) is 55.8 Å². The lowest BCUT2D eigenvalue weighted by Crippen LogP contribution is -1.93. The van der Waals surface area contributed by atoms with Crippen LogP contribution in [0, 0.1) is 0 Å². The number of carboxylic acids is 1. The molecule has 0 atom stereocenters. The molecule has 0 amide bonds. The fourth-order valence-electron chi connectivity index (χ4n) is 1.30. The van der Waals surface area contributed by atoms with E-state index in [1.807, 2.05) is 0 Å². The normalized spacial score (nSPS) is 11.1. The fourth-order valence-corrected chi connectivity index (χ4v) is 1.30. The van der Waals surface area contributed by atoms with Gasteiger partial charge in [0.2, 0.25) is 0 Å². The number of ether oxygens (including phenoxy) is 2. The molecule has 0 fully saturated rings. The molecule has 16 heavy (non-hydrogen) atoms. The maximum absolute atomic E-state index is 10.6. The number of benzene rings is 1. The minimum Gasteiger partial charge on any atom is -0.497 e. The predicted molar refractivity (Wildman–Crippen MR) is 60.8 cm³/mol. The second-order valence-corrected chi connectivity index (χ2v) is 3.27. The maximum atomic E-state index is 10.6. The Labute approximate surface area is 94.1 Å². The van der Waals surface area contributed by atoms with Crippen LogP contribution in [0.15, 0.2) is 24.3 Å². The van der Waals surface area contributed by atoms with E-state index in [2.05, 4.69) is 0 Å². The average Bonchev–Trinajstić information content (AvgIpc) is 2.27. The summed E-state index contributed by atoms with van der Waals surface area (Å²) in [6.07, 6.45) is 1.15. The zero-order chi connectivity index (χ0) is 12.1. The van der Waals surface area contributed by atoms with Crippen LogP contribution in [-0.4, -0.2) is 25.3 Å². The number of carboxylic acid groups (broad SMARTS) is 1. The van der Waals surface area contributed by atoms with Crippen LogP contribution in [-0.2, 0) is 4.79 Å². The molecule has 0 radical (unpaired) electrons. The third-order valence-corrected chi connectivity index (χ3v) is 2.15. The van der Waals surface area contributed by atoms with Crippen LogP contribution in [0.1, 0.15) is 12.5 Å². The fraction of sp³-hybridized carbons (Fsp3) is 0.250. The zero-order valence-electron chi connectivity index (χ0n) is 9.48. The first kappa shape index (κ1) is 12.1. The van der Waals surface area contributed by atoms with Crippen LogP contribution >= 0.6 is 0 Å². The van der Waals surface area contributed by atoms with E-state index in [-0.39, 0.29) is 0 Å². The second-order valence-electron chi connectivity index (χ2n) is 3.27. The molecular formula is C12H14O4. The minimum atomic E-state index is -0.973. The molecule has 0 spiro atoms. The lowest BCUT2D eigenvalue weighted by molar-refractivity contribution is -0.131. The van der Waals surface area contributed by atoms with Crippen LogP contribution in [0.5, 0.6) is 11.5 Å². The van der Waals surface area contributed by atoms with Crippen molar-refractivity contribution in [3.8, 4) is 11.5 Å². The van der Waals surface area contributed by atoms with Crippen LogP contribution in [0.3, 0.4) is 0 Å². The zero-order valence-corrected chi connectivity index (χ0v) is 9.48. The highest BCUT2D eigenvalue weighted by Crippen LogP contribution is 2.26. The molecule has 0 aliphatic heterocycles. The van der Waals surface area contributed by atoms with Crippen molar-refractivity contribution >= 4 is 11.5 Å². The molecule has 0 aromatic heterocycles. The van der Waals surface area contributed by atoms with Crippen molar-refractivity contribution in [3.05, 3.63) is 29.8 Å². The molecule has 1 aromatic carbocycles. The lowest BCUT2D eigenvalue weighted by atomic mass is 10.1. The molecule has 0 bridgehead atoms. The Balaban J connectivity index is 3.17. The summed E-state index contributed by atoms with van der Waals surface area (Å²) in [7, 11) is 3.10. The van der Waals surface area contributed by atoms with E-state index in [1.165, 1.54) is 0 Å². The van der Waals surface area contributed by atoms with Gasteiger partial charge in [0.15, 0.2) is 0 Å². The molecule has 1 rings (SSSR count). The summed E-state index contributed by atoms with van der Waals surface area (Å²) >= 11 is 0. The second kappa shape index (κ2) is 5.21. The number of rotatable bonds is 4. The van der Waals surface area contributed by atoms with Gasteiger partial charge in [0.1, 0.15) is 11.5 Å². The van der Waals surface area contributed by atoms with Crippen LogP contribution in [0.2, 0.25) is 0 Å². The molecule has 0 saturated carbocycles. The minimum absolute atomic E-state index is 0.632. The molecule has 0 aliphatic carbocycles. The largest absolute Gasteiger partial charge is 0.497 e. The summed E-state index contributed by atoms with van der Waals surface area (Å²) in [5.74, 6) is 0.291. The van der Waals surface area contributed by atoms with Gasteiger partial charge in [-0.05, 0) is 30.2 Å². The molecule has 0 aliphatic rings. The summed E-state index contributed by atoms with van der Waals surface area (Å²) in [5.41, 5.74) is 1.41. The van der Waals surface area contributed by atoms with Crippen molar-refractivity contribution in [1.29, 1.82) is 0 Å². The third kappa shape index (κ3) is 3.02. The summed E-state index contributed by atoms with van der Waals surface area (Å²) in [6.45, 7) is 1.72. The van der Waals surface area contributed by atoms with Crippen LogP contribution < -0.4 is 9.47 Å². The van der Waals surface area contributed by atoms with E-state index >= 15 is 0 Å². The van der Waals surface area contributed by atoms with Crippen molar-refractivity contribution in [2.45, 2.75) is 6.92 Å². The average molecular weight is 222 g/mol. The Kier molecular flexibility index (Phi) is 3.94. The van der Waals surface area contributed by atoms with E-state index in [0.717, 1.165) is 11.6 Å². The number of allylic oxidation sites excluding steroid dienone is 1. The summed E-state index contributed by atoms with van der Waals surface area (Å²) in [5, 5.41) is 8.66. The first-order valence-electron chi connectivity index (χ1n) is 4.71. The van der Waals surface area contributed by atoms with Crippen molar-refractivity contribution < 1.29 is 19.4 Å². The number of aliphatic carboxylic acids is 1. The van der Waals surface area contributed by atoms with Gasteiger partial charge in [-0.25, -0.2) is 4.79 Å². The number of carbonyl (C=O) groups is 1. The highest BCUT2D eigenvalue weighted by Gasteiger charge is 2.04. The van der Waals surface area contributed by atoms with Gasteiger partial charge in [-0.1, -0.05) is 0 Å². The summed E-state index contributed by atoms with van der Waals surface area (Å²) in [6, 6.07) is 5.26. The van der Waals surface area contributed by atoms with Gasteiger partial charge in [0.25, 0.3) is 0 Å². The van der Waals surface area contributed by atoms with Gasteiger partial charge in [-0.2, -0.15) is 0 Å². The van der Waals surface area contributed by atoms with E-state index in [1.54, 1.807) is 39.3 Å². The van der Waals surface area contributed by atoms with E-state index < -0.39 is 5.97 Å². The number of hydrogen-bond donors (Lipinski definition) is 1. The van der Waals surface area contributed by atoms with Gasteiger partial charge >= 0.3 is 5.97 Å². The Bertz CT molecular complexity index is 399. The molecule has 0 heterocycles. The van der Waals surface area contributed by atoms with Crippen molar-refractivity contribution in [2.24, 2.45) is 0 Å².